The number of nitro groups is 1. The Labute approximate surface area is 124 Å². The highest BCUT2D eigenvalue weighted by molar-refractivity contribution is 5.57. The fourth-order valence-electron chi connectivity index (χ4n) is 2.69. The summed E-state index contributed by atoms with van der Waals surface area (Å²) in [5, 5.41) is 11.3. The number of benzene rings is 1. The van der Waals surface area contributed by atoms with E-state index in [0.29, 0.717) is 13.2 Å². The summed E-state index contributed by atoms with van der Waals surface area (Å²) in [5.41, 5.74) is 5.80. The zero-order chi connectivity index (χ0) is 15.3. The van der Waals surface area contributed by atoms with Gasteiger partial charge in [0.1, 0.15) is 6.61 Å². The molecule has 0 aromatic heterocycles. The van der Waals surface area contributed by atoms with Crippen molar-refractivity contribution >= 4 is 5.69 Å². The molecular formula is C15H22N2O4. The molecule has 0 radical (unpaired) electrons. The number of ether oxygens (including phenoxy) is 2. The lowest BCUT2D eigenvalue weighted by molar-refractivity contribution is -0.386. The summed E-state index contributed by atoms with van der Waals surface area (Å²) in [4.78, 5) is 10.8. The SMILES string of the molecule is CCOc1cccc(OCC2(N)CCCCC2)c1[N+](=O)[O-]. The van der Waals surface area contributed by atoms with Crippen molar-refractivity contribution in [1.82, 2.24) is 0 Å². The lowest BCUT2D eigenvalue weighted by atomic mass is 9.83. The molecule has 1 aromatic carbocycles. The molecular weight excluding hydrogens is 272 g/mol. The van der Waals surface area contributed by atoms with E-state index in [-0.39, 0.29) is 22.7 Å². The Kier molecular flexibility index (Phi) is 5.01. The smallest absolute Gasteiger partial charge is 0.352 e. The highest BCUT2D eigenvalue weighted by Gasteiger charge is 2.30. The second-order valence-electron chi connectivity index (χ2n) is 5.50. The van der Waals surface area contributed by atoms with Crippen molar-refractivity contribution in [3.8, 4) is 11.5 Å². The van der Waals surface area contributed by atoms with Crippen LogP contribution in [0.1, 0.15) is 39.0 Å². The van der Waals surface area contributed by atoms with Crippen molar-refractivity contribution in [2.45, 2.75) is 44.6 Å². The number of nitrogens with two attached hydrogens (primary N) is 1. The van der Waals surface area contributed by atoms with Gasteiger partial charge in [0.2, 0.25) is 11.5 Å². The number of para-hydroxylation sites is 1. The zero-order valence-corrected chi connectivity index (χ0v) is 12.3. The van der Waals surface area contributed by atoms with Gasteiger partial charge in [-0.3, -0.25) is 10.1 Å². The van der Waals surface area contributed by atoms with Gasteiger partial charge in [0, 0.05) is 0 Å². The molecule has 0 unspecified atom stereocenters. The van der Waals surface area contributed by atoms with Gasteiger partial charge < -0.3 is 15.2 Å². The molecule has 0 saturated heterocycles. The van der Waals surface area contributed by atoms with Crippen molar-refractivity contribution in [3.05, 3.63) is 28.3 Å². The summed E-state index contributed by atoms with van der Waals surface area (Å²) < 4.78 is 11.0. The Morgan fingerprint density at radius 1 is 1.24 bits per heavy atom. The largest absolute Gasteiger partial charge is 0.487 e. The predicted molar refractivity (Wildman–Crippen MR) is 79.8 cm³/mol. The van der Waals surface area contributed by atoms with Crippen LogP contribution in [-0.2, 0) is 0 Å². The molecule has 0 bridgehead atoms. The second-order valence-corrected chi connectivity index (χ2v) is 5.50. The van der Waals surface area contributed by atoms with Crippen LogP contribution in [0.15, 0.2) is 18.2 Å². The quantitative estimate of drug-likeness (QED) is 0.643. The van der Waals surface area contributed by atoms with Gasteiger partial charge in [0.15, 0.2) is 0 Å². The molecule has 116 valence electrons. The molecule has 2 N–H and O–H groups in total. The van der Waals surface area contributed by atoms with Crippen molar-refractivity contribution in [2.75, 3.05) is 13.2 Å². The Balaban J connectivity index is 2.15. The first-order chi connectivity index (χ1) is 10.1. The van der Waals surface area contributed by atoms with Crippen LogP contribution in [0.25, 0.3) is 0 Å². The van der Waals surface area contributed by atoms with Gasteiger partial charge in [-0.25, -0.2) is 0 Å². The lowest BCUT2D eigenvalue weighted by Gasteiger charge is -2.32. The van der Waals surface area contributed by atoms with Crippen molar-refractivity contribution in [1.29, 1.82) is 0 Å². The van der Waals surface area contributed by atoms with Crippen LogP contribution in [0.4, 0.5) is 5.69 Å². The maximum atomic E-state index is 11.3. The van der Waals surface area contributed by atoms with Crippen LogP contribution in [0.2, 0.25) is 0 Å². The van der Waals surface area contributed by atoms with Gasteiger partial charge in [-0.05, 0) is 31.9 Å². The molecule has 6 heteroatoms. The van der Waals surface area contributed by atoms with Gasteiger partial charge >= 0.3 is 5.69 Å². The molecule has 21 heavy (non-hydrogen) atoms. The van der Waals surface area contributed by atoms with Crippen LogP contribution in [0.5, 0.6) is 11.5 Å². The number of hydrogen-bond acceptors (Lipinski definition) is 5. The molecule has 1 aliphatic rings. The van der Waals surface area contributed by atoms with Gasteiger partial charge in [0.25, 0.3) is 0 Å². The summed E-state index contributed by atoms with van der Waals surface area (Å²) in [5.74, 6) is 0.455. The third-order valence-corrected chi connectivity index (χ3v) is 3.81. The summed E-state index contributed by atoms with van der Waals surface area (Å²) in [6, 6.07) is 4.86. The van der Waals surface area contributed by atoms with E-state index in [1.807, 2.05) is 0 Å². The molecule has 0 aliphatic heterocycles. The standard InChI is InChI=1S/C15H22N2O4/c1-2-20-12-7-6-8-13(14(12)17(18)19)21-11-15(16)9-4-3-5-10-15/h6-8H,2-5,9-11,16H2,1H3. The number of nitrogens with zero attached hydrogens (tertiary/aromatic N) is 1. The zero-order valence-electron chi connectivity index (χ0n) is 12.3. The lowest BCUT2D eigenvalue weighted by Crippen LogP contribution is -2.47. The molecule has 1 saturated carbocycles. The van der Waals surface area contributed by atoms with E-state index < -0.39 is 4.92 Å². The van der Waals surface area contributed by atoms with E-state index in [1.165, 1.54) is 6.42 Å². The first kappa shape index (κ1) is 15.6. The van der Waals surface area contributed by atoms with Crippen LogP contribution in [0.3, 0.4) is 0 Å². The maximum absolute atomic E-state index is 11.3. The van der Waals surface area contributed by atoms with E-state index in [2.05, 4.69) is 0 Å². The maximum Gasteiger partial charge on any atom is 0.352 e. The van der Waals surface area contributed by atoms with Gasteiger partial charge in [-0.1, -0.05) is 25.3 Å². The first-order valence-corrected chi connectivity index (χ1v) is 7.37. The predicted octanol–water partition coefficient (Wildman–Crippen LogP) is 3.03. The Hall–Kier alpha value is -1.82. The number of rotatable bonds is 6. The fraction of sp³-hybridized carbons (Fsp3) is 0.600. The van der Waals surface area contributed by atoms with E-state index in [0.717, 1.165) is 25.7 Å². The Morgan fingerprint density at radius 3 is 2.43 bits per heavy atom. The first-order valence-electron chi connectivity index (χ1n) is 7.37. The van der Waals surface area contributed by atoms with E-state index in [4.69, 9.17) is 15.2 Å². The van der Waals surface area contributed by atoms with Crippen LogP contribution in [0, 0.1) is 10.1 Å². The minimum atomic E-state index is -0.468. The fourth-order valence-corrected chi connectivity index (χ4v) is 2.69. The molecule has 0 atom stereocenters. The Bertz CT molecular complexity index is 498. The van der Waals surface area contributed by atoms with E-state index >= 15 is 0 Å². The van der Waals surface area contributed by atoms with Crippen LogP contribution < -0.4 is 15.2 Å². The summed E-state index contributed by atoms with van der Waals surface area (Å²) in [6.07, 6.45) is 5.15. The third kappa shape index (κ3) is 3.85. The second kappa shape index (κ2) is 6.76. The van der Waals surface area contributed by atoms with Crippen LogP contribution >= 0.6 is 0 Å². The van der Waals surface area contributed by atoms with E-state index in [1.54, 1.807) is 25.1 Å². The molecule has 1 aliphatic carbocycles. The third-order valence-electron chi connectivity index (χ3n) is 3.81. The molecule has 2 rings (SSSR count). The highest BCUT2D eigenvalue weighted by atomic mass is 16.6. The molecule has 1 aromatic rings. The molecule has 1 fully saturated rings. The average Bonchev–Trinajstić information content (AvgIpc) is 2.46. The topological polar surface area (TPSA) is 87.6 Å². The van der Waals surface area contributed by atoms with Gasteiger partial charge in [-0.2, -0.15) is 0 Å². The summed E-state index contributed by atoms with van der Waals surface area (Å²) >= 11 is 0. The average molecular weight is 294 g/mol. The van der Waals surface area contributed by atoms with Gasteiger partial charge in [0.05, 0.1) is 17.1 Å². The summed E-state index contributed by atoms with van der Waals surface area (Å²) in [7, 11) is 0. The number of nitro benzene ring substituents is 1. The van der Waals surface area contributed by atoms with Crippen molar-refractivity contribution in [3.63, 3.8) is 0 Å². The molecule has 0 heterocycles. The Morgan fingerprint density at radius 2 is 1.86 bits per heavy atom. The highest BCUT2D eigenvalue weighted by Crippen LogP contribution is 2.37. The van der Waals surface area contributed by atoms with Crippen molar-refractivity contribution in [2.24, 2.45) is 5.73 Å². The molecule has 0 amide bonds. The van der Waals surface area contributed by atoms with Gasteiger partial charge in [-0.15, -0.1) is 0 Å². The summed E-state index contributed by atoms with van der Waals surface area (Å²) in [6.45, 7) is 2.45. The minimum Gasteiger partial charge on any atom is -0.487 e. The van der Waals surface area contributed by atoms with Crippen molar-refractivity contribution < 1.29 is 14.4 Å². The van der Waals surface area contributed by atoms with E-state index in [9.17, 15) is 10.1 Å². The number of hydrogen-bond donors (Lipinski definition) is 1. The minimum absolute atomic E-state index is 0.126. The molecule has 0 spiro atoms. The molecule has 6 nitrogen and oxygen atoms in total. The normalized spacial score (nSPS) is 17.2. The van der Waals surface area contributed by atoms with Crippen LogP contribution in [-0.4, -0.2) is 23.7 Å². The monoisotopic (exact) mass is 294 g/mol.